The van der Waals surface area contributed by atoms with E-state index in [9.17, 15) is 4.79 Å². The highest BCUT2D eigenvalue weighted by molar-refractivity contribution is 7.07. The Labute approximate surface area is 69.8 Å². The van der Waals surface area contributed by atoms with E-state index in [4.69, 9.17) is 4.74 Å². The molecular weight excluding hydrogens is 160 g/mol. The van der Waals surface area contributed by atoms with Crippen LogP contribution in [0.1, 0.15) is 12.5 Å². The molecule has 0 aliphatic carbocycles. The van der Waals surface area contributed by atoms with Gasteiger partial charge in [0.1, 0.15) is 0 Å². The molecule has 0 atom stereocenters. The Balaban J connectivity index is 2.19. The molecule has 1 aromatic rings. The fourth-order valence-electron chi connectivity index (χ4n) is 0.748. The Hall–Kier alpha value is -0.830. The van der Waals surface area contributed by atoms with Crippen LogP contribution in [0.15, 0.2) is 16.8 Å². The lowest BCUT2D eigenvalue weighted by Crippen LogP contribution is -2.02. The summed E-state index contributed by atoms with van der Waals surface area (Å²) in [5.74, 6) is -0.208. The molecule has 1 aromatic heterocycles. The molecular formula is C8H10O2S. The predicted octanol–water partition coefficient (Wildman–Crippen LogP) is 1.85. The van der Waals surface area contributed by atoms with Crippen LogP contribution in [0.4, 0.5) is 0 Å². The smallest absolute Gasteiger partial charge is 0.302 e. The molecule has 60 valence electrons. The van der Waals surface area contributed by atoms with Crippen LogP contribution in [0.5, 0.6) is 0 Å². The van der Waals surface area contributed by atoms with E-state index in [1.54, 1.807) is 11.3 Å². The molecule has 1 rings (SSSR count). The lowest BCUT2D eigenvalue weighted by molar-refractivity contribution is -0.140. The summed E-state index contributed by atoms with van der Waals surface area (Å²) in [5.41, 5.74) is 1.23. The highest BCUT2D eigenvalue weighted by atomic mass is 32.1. The second-order valence-electron chi connectivity index (χ2n) is 2.22. The zero-order valence-corrected chi connectivity index (χ0v) is 7.19. The van der Waals surface area contributed by atoms with Crippen molar-refractivity contribution in [3.63, 3.8) is 0 Å². The van der Waals surface area contributed by atoms with Gasteiger partial charge >= 0.3 is 5.97 Å². The average molecular weight is 170 g/mol. The molecule has 0 radical (unpaired) electrons. The van der Waals surface area contributed by atoms with E-state index < -0.39 is 0 Å². The van der Waals surface area contributed by atoms with Crippen molar-refractivity contribution < 1.29 is 9.53 Å². The van der Waals surface area contributed by atoms with Crippen LogP contribution < -0.4 is 0 Å². The zero-order chi connectivity index (χ0) is 8.10. The summed E-state index contributed by atoms with van der Waals surface area (Å²) >= 11 is 1.66. The fourth-order valence-corrected chi connectivity index (χ4v) is 1.45. The van der Waals surface area contributed by atoms with Gasteiger partial charge in [0.15, 0.2) is 0 Å². The third-order valence-corrected chi connectivity index (χ3v) is 2.01. The van der Waals surface area contributed by atoms with E-state index in [2.05, 4.69) is 5.38 Å². The number of rotatable bonds is 3. The van der Waals surface area contributed by atoms with E-state index in [1.165, 1.54) is 12.5 Å². The van der Waals surface area contributed by atoms with Gasteiger partial charge in [0.05, 0.1) is 6.61 Å². The van der Waals surface area contributed by atoms with Gasteiger partial charge in [-0.3, -0.25) is 4.79 Å². The summed E-state index contributed by atoms with van der Waals surface area (Å²) in [5, 5.41) is 4.08. The van der Waals surface area contributed by atoms with Crippen LogP contribution in [0.25, 0.3) is 0 Å². The van der Waals surface area contributed by atoms with E-state index in [-0.39, 0.29) is 5.97 Å². The largest absolute Gasteiger partial charge is 0.466 e. The van der Waals surface area contributed by atoms with E-state index in [0.29, 0.717) is 6.61 Å². The third-order valence-electron chi connectivity index (χ3n) is 1.28. The topological polar surface area (TPSA) is 26.3 Å². The number of carbonyl (C=O) groups is 1. The Morgan fingerprint density at radius 2 is 2.55 bits per heavy atom. The molecule has 0 aromatic carbocycles. The first-order chi connectivity index (χ1) is 5.29. The second-order valence-corrected chi connectivity index (χ2v) is 3.00. The van der Waals surface area contributed by atoms with Crippen molar-refractivity contribution in [1.82, 2.24) is 0 Å². The molecule has 0 saturated heterocycles. The highest BCUT2D eigenvalue weighted by Crippen LogP contribution is 2.06. The normalized spacial score (nSPS) is 9.55. The Kier molecular flexibility index (Phi) is 3.11. The number of hydrogen-bond donors (Lipinski definition) is 0. The lowest BCUT2D eigenvalue weighted by atomic mass is 10.3. The van der Waals surface area contributed by atoms with Crippen LogP contribution >= 0.6 is 11.3 Å². The van der Waals surface area contributed by atoms with Gasteiger partial charge in [0, 0.05) is 13.3 Å². The van der Waals surface area contributed by atoms with Gasteiger partial charge in [-0.25, -0.2) is 0 Å². The fraction of sp³-hybridized carbons (Fsp3) is 0.375. The minimum Gasteiger partial charge on any atom is -0.466 e. The molecule has 0 fully saturated rings. The summed E-state index contributed by atoms with van der Waals surface area (Å²) in [4.78, 5) is 10.4. The van der Waals surface area contributed by atoms with Gasteiger partial charge in [0.2, 0.25) is 0 Å². The molecule has 0 amide bonds. The van der Waals surface area contributed by atoms with Crippen molar-refractivity contribution in [3.05, 3.63) is 22.4 Å². The molecule has 1 heterocycles. The SMILES string of the molecule is CC(=O)OCCc1ccsc1. The van der Waals surface area contributed by atoms with E-state index in [1.807, 2.05) is 11.4 Å². The van der Waals surface area contributed by atoms with E-state index in [0.717, 1.165) is 6.42 Å². The molecule has 0 unspecified atom stereocenters. The molecule has 0 aliphatic rings. The molecule has 3 heteroatoms. The monoisotopic (exact) mass is 170 g/mol. The van der Waals surface area contributed by atoms with Gasteiger partial charge in [-0.05, 0) is 22.4 Å². The Bertz CT molecular complexity index is 216. The maximum absolute atomic E-state index is 10.4. The number of hydrogen-bond acceptors (Lipinski definition) is 3. The molecule has 0 N–H and O–H groups in total. The minimum atomic E-state index is -0.208. The zero-order valence-electron chi connectivity index (χ0n) is 6.37. The van der Waals surface area contributed by atoms with Gasteiger partial charge in [-0.15, -0.1) is 0 Å². The summed E-state index contributed by atoms with van der Waals surface area (Å²) in [6.07, 6.45) is 0.822. The van der Waals surface area contributed by atoms with Crippen LogP contribution in [-0.4, -0.2) is 12.6 Å². The van der Waals surface area contributed by atoms with Gasteiger partial charge in [-0.1, -0.05) is 0 Å². The quantitative estimate of drug-likeness (QED) is 0.647. The third kappa shape index (κ3) is 3.18. The standard InChI is InChI=1S/C8H10O2S/c1-7(9)10-4-2-8-3-5-11-6-8/h3,5-6H,2,4H2,1H3. The summed E-state index contributed by atoms with van der Waals surface area (Å²) in [6.45, 7) is 1.92. The van der Waals surface area contributed by atoms with Crippen LogP contribution in [0.2, 0.25) is 0 Å². The molecule has 11 heavy (non-hydrogen) atoms. The first-order valence-electron chi connectivity index (χ1n) is 3.43. The van der Waals surface area contributed by atoms with Gasteiger partial charge < -0.3 is 4.74 Å². The Morgan fingerprint density at radius 3 is 3.09 bits per heavy atom. The molecule has 0 aliphatic heterocycles. The first-order valence-corrected chi connectivity index (χ1v) is 4.38. The molecule has 0 saturated carbocycles. The van der Waals surface area contributed by atoms with Crippen LogP contribution in [0, 0.1) is 0 Å². The van der Waals surface area contributed by atoms with Crippen LogP contribution in [-0.2, 0) is 16.0 Å². The van der Waals surface area contributed by atoms with Crippen molar-refractivity contribution in [3.8, 4) is 0 Å². The molecule has 2 nitrogen and oxygen atoms in total. The van der Waals surface area contributed by atoms with Crippen molar-refractivity contribution in [2.24, 2.45) is 0 Å². The van der Waals surface area contributed by atoms with Gasteiger partial charge in [0.25, 0.3) is 0 Å². The van der Waals surface area contributed by atoms with Crippen molar-refractivity contribution in [1.29, 1.82) is 0 Å². The number of carbonyl (C=O) groups excluding carboxylic acids is 1. The minimum absolute atomic E-state index is 0.208. The second kappa shape index (κ2) is 4.13. The highest BCUT2D eigenvalue weighted by Gasteiger charge is 1.94. The molecule has 0 spiro atoms. The maximum atomic E-state index is 10.4. The number of esters is 1. The summed E-state index contributed by atoms with van der Waals surface area (Å²) < 4.78 is 4.78. The van der Waals surface area contributed by atoms with Crippen molar-refractivity contribution in [2.75, 3.05) is 6.61 Å². The van der Waals surface area contributed by atoms with Crippen molar-refractivity contribution in [2.45, 2.75) is 13.3 Å². The van der Waals surface area contributed by atoms with E-state index >= 15 is 0 Å². The maximum Gasteiger partial charge on any atom is 0.302 e. The summed E-state index contributed by atoms with van der Waals surface area (Å²) in [7, 11) is 0. The Morgan fingerprint density at radius 1 is 1.73 bits per heavy atom. The number of ether oxygens (including phenoxy) is 1. The predicted molar refractivity (Wildman–Crippen MR) is 44.7 cm³/mol. The number of thiophene rings is 1. The van der Waals surface area contributed by atoms with Crippen LogP contribution in [0.3, 0.4) is 0 Å². The van der Waals surface area contributed by atoms with Gasteiger partial charge in [-0.2, -0.15) is 11.3 Å². The van der Waals surface area contributed by atoms with Crippen molar-refractivity contribution >= 4 is 17.3 Å². The molecule has 0 bridgehead atoms. The summed E-state index contributed by atoms with van der Waals surface area (Å²) in [6, 6.07) is 2.04. The average Bonchev–Trinajstić information content (AvgIpc) is 2.39. The lowest BCUT2D eigenvalue weighted by Gasteiger charge is -1.98. The first kappa shape index (κ1) is 8.27.